The summed E-state index contributed by atoms with van der Waals surface area (Å²) in [6, 6.07) is 14.1. The summed E-state index contributed by atoms with van der Waals surface area (Å²) in [5.41, 5.74) is 1.29. The van der Waals surface area contributed by atoms with Crippen LogP contribution >= 0.6 is 23.8 Å². The van der Waals surface area contributed by atoms with Crippen LogP contribution in [-0.4, -0.2) is 36.5 Å². The third kappa shape index (κ3) is 6.61. The zero-order valence-corrected chi connectivity index (χ0v) is 19.1. The van der Waals surface area contributed by atoms with E-state index >= 15 is 0 Å². The van der Waals surface area contributed by atoms with Crippen molar-refractivity contribution in [3.8, 4) is 5.88 Å². The molecular formula is C20H18ClN5O4S2. The number of nitrogens with one attached hydrogen (secondary N) is 3. The molecule has 0 bridgehead atoms. The minimum Gasteiger partial charge on any atom is -0.481 e. The SMILES string of the molecule is COc1cc(NS(=O)(=O)c2ccc(NC(=S)NC(=O)Cc3ccc(Cl)cc3)cc2)ncn1. The van der Waals surface area contributed by atoms with Crippen LogP contribution < -0.4 is 20.1 Å². The summed E-state index contributed by atoms with van der Waals surface area (Å²) < 4.78 is 32.4. The van der Waals surface area contributed by atoms with Crippen LogP contribution in [0.25, 0.3) is 0 Å². The van der Waals surface area contributed by atoms with Gasteiger partial charge in [0.05, 0.1) is 18.4 Å². The minimum atomic E-state index is -3.88. The normalized spacial score (nSPS) is 10.8. The summed E-state index contributed by atoms with van der Waals surface area (Å²) in [4.78, 5) is 19.8. The van der Waals surface area contributed by atoms with E-state index in [1.807, 2.05) is 0 Å². The van der Waals surface area contributed by atoms with Crippen LogP contribution in [0.1, 0.15) is 5.56 Å². The van der Waals surface area contributed by atoms with E-state index in [1.54, 1.807) is 24.3 Å². The van der Waals surface area contributed by atoms with Crippen molar-refractivity contribution in [1.29, 1.82) is 0 Å². The molecule has 0 spiro atoms. The van der Waals surface area contributed by atoms with Crippen LogP contribution in [0.15, 0.2) is 65.8 Å². The lowest BCUT2D eigenvalue weighted by molar-refractivity contribution is -0.119. The van der Waals surface area contributed by atoms with Gasteiger partial charge in [-0.15, -0.1) is 0 Å². The molecule has 1 heterocycles. The number of hydrogen-bond donors (Lipinski definition) is 3. The Morgan fingerprint density at radius 3 is 2.44 bits per heavy atom. The highest BCUT2D eigenvalue weighted by Crippen LogP contribution is 2.18. The molecule has 0 aliphatic carbocycles. The first-order chi connectivity index (χ1) is 15.2. The van der Waals surface area contributed by atoms with Crippen molar-refractivity contribution in [2.75, 3.05) is 17.1 Å². The number of nitrogens with zero attached hydrogens (tertiary/aromatic N) is 2. The van der Waals surface area contributed by atoms with Crippen LogP contribution in [0, 0.1) is 0 Å². The molecule has 9 nitrogen and oxygen atoms in total. The molecule has 0 saturated heterocycles. The molecule has 3 rings (SSSR count). The van der Waals surface area contributed by atoms with Crippen molar-refractivity contribution in [2.45, 2.75) is 11.3 Å². The fraction of sp³-hybridized carbons (Fsp3) is 0.100. The summed E-state index contributed by atoms with van der Waals surface area (Å²) in [6.45, 7) is 0. The molecule has 0 fully saturated rings. The van der Waals surface area contributed by atoms with Gasteiger partial charge in [0.25, 0.3) is 10.0 Å². The van der Waals surface area contributed by atoms with Crippen molar-refractivity contribution in [2.24, 2.45) is 0 Å². The van der Waals surface area contributed by atoms with Crippen LogP contribution in [-0.2, 0) is 21.2 Å². The van der Waals surface area contributed by atoms with Crippen LogP contribution in [0.5, 0.6) is 5.88 Å². The fourth-order valence-electron chi connectivity index (χ4n) is 2.54. The van der Waals surface area contributed by atoms with Crippen LogP contribution in [0.3, 0.4) is 0 Å². The second kappa shape index (κ2) is 10.4. The lowest BCUT2D eigenvalue weighted by Crippen LogP contribution is -2.35. The maximum Gasteiger partial charge on any atom is 0.263 e. The Morgan fingerprint density at radius 1 is 1.09 bits per heavy atom. The van der Waals surface area contributed by atoms with Crippen LogP contribution in [0.4, 0.5) is 11.5 Å². The van der Waals surface area contributed by atoms with Gasteiger partial charge in [0.1, 0.15) is 12.1 Å². The average Bonchev–Trinajstić information content (AvgIpc) is 2.75. The molecule has 0 saturated carbocycles. The van der Waals surface area contributed by atoms with Crippen molar-refractivity contribution >= 4 is 56.4 Å². The van der Waals surface area contributed by atoms with Gasteiger partial charge in [0.2, 0.25) is 11.8 Å². The number of hydrogen-bond acceptors (Lipinski definition) is 7. The molecule has 0 radical (unpaired) electrons. The summed E-state index contributed by atoms with van der Waals surface area (Å²) >= 11 is 11.0. The topological polar surface area (TPSA) is 122 Å². The highest BCUT2D eigenvalue weighted by atomic mass is 35.5. The number of benzene rings is 2. The number of amides is 1. The number of rotatable bonds is 7. The standard InChI is InChI=1S/C20H18ClN5O4S2/c1-30-19-11-17(22-12-23-19)26-32(28,29)16-8-6-15(7-9-16)24-20(31)25-18(27)10-13-2-4-14(21)5-3-13/h2-9,11-12H,10H2,1H3,(H,22,23,26)(H2,24,25,27,31). The van der Waals surface area contributed by atoms with Gasteiger partial charge in [-0.1, -0.05) is 23.7 Å². The van der Waals surface area contributed by atoms with E-state index in [-0.39, 0.29) is 34.0 Å². The van der Waals surface area contributed by atoms with Crippen molar-refractivity contribution in [3.63, 3.8) is 0 Å². The molecular weight excluding hydrogens is 474 g/mol. The Morgan fingerprint density at radius 2 is 1.78 bits per heavy atom. The van der Waals surface area contributed by atoms with Crippen molar-refractivity contribution < 1.29 is 17.9 Å². The highest BCUT2D eigenvalue weighted by molar-refractivity contribution is 7.92. The minimum absolute atomic E-state index is 0.0123. The number of thiocarbonyl (C=S) groups is 1. The highest BCUT2D eigenvalue weighted by Gasteiger charge is 2.16. The first-order valence-electron chi connectivity index (χ1n) is 9.09. The number of sulfonamides is 1. The molecule has 0 aliphatic rings. The quantitative estimate of drug-likeness (QED) is 0.431. The second-order valence-corrected chi connectivity index (χ2v) is 8.91. The van der Waals surface area contributed by atoms with Crippen molar-refractivity contribution in [1.82, 2.24) is 15.3 Å². The molecule has 1 amide bonds. The van der Waals surface area contributed by atoms with E-state index in [0.717, 1.165) is 5.56 Å². The molecule has 32 heavy (non-hydrogen) atoms. The first kappa shape index (κ1) is 23.4. The molecule has 1 aromatic heterocycles. The van der Waals surface area contributed by atoms with Gasteiger partial charge < -0.3 is 15.4 Å². The number of aromatic nitrogens is 2. The molecule has 3 aromatic rings. The van der Waals surface area contributed by atoms with Gasteiger partial charge in [0, 0.05) is 16.8 Å². The summed E-state index contributed by atoms with van der Waals surface area (Å²) in [7, 11) is -2.46. The van der Waals surface area contributed by atoms with E-state index < -0.39 is 10.0 Å². The second-order valence-electron chi connectivity index (χ2n) is 6.38. The van der Waals surface area contributed by atoms with Gasteiger partial charge in [-0.05, 0) is 54.2 Å². The number of methoxy groups -OCH3 is 1. The molecule has 3 N–H and O–H groups in total. The summed E-state index contributed by atoms with van der Waals surface area (Å²) in [6.07, 6.45) is 1.32. The van der Waals surface area contributed by atoms with Gasteiger partial charge in [-0.2, -0.15) is 0 Å². The first-order valence-corrected chi connectivity index (χ1v) is 11.4. The number of carbonyl (C=O) groups excluding carboxylic acids is 1. The van der Waals surface area contributed by atoms with Gasteiger partial charge in [-0.3, -0.25) is 9.52 Å². The predicted octanol–water partition coefficient (Wildman–Crippen LogP) is 3.00. The lowest BCUT2D eigenvalue weighted by Gasteiger charge is -2.11. The molecule has 0 atom stereocenters. The van der Waals surface area contributed by atoms with E-state index in [9.17, 15) is 13.2 Å². The zero-order chi connectivity index (χ0) is 23.1. The molecule has 0 aliphatic heterocycles. The number of halogens is 1. The third-order valence-corrected chi connectivity index (χ3v) is 5.87. The largest absolute Gasteiger partial charge is 0.481 e. The molecule has 2 aromatic carbocycles. The maximum atomic E-state index is 12.6. The van der Waals surface area contributed by atoms with E-state index in [4.69, 9.17) is 28.6 Å². The van der Waals surface area contributed by atoms with E-state index in [0.29, 0.717) is 10.7 Å². The Bertz CT molecular complexity index is 1220. The molecule has 0 unspecified atom stereocenters. The number of ether oxygens (including phenoxy) is 1. The molecule has 12 heteroatoms. The number of anilines is 2. The monoisotopic (exact) mass is 491 g/mol. The Balaban J connectivity index is 1.57. The Hall–Kier alpha value is -3.28. The van der Waals surface area contributed by atoms with Gasteiger partial charge in [0.15, 0.2) is 5.11 Å². The smallest absolute Gasteiger partial charge is 0.263 e. The number of carbonyl (C=O) groups is 1. The van der Waals surface area contributed by atoms with Gasteiger partial charge >= 0.3 is 0 Å². The maximum absolute atomic E-state index is 12.6. The van der Waals surface area contributed by atoms with Crippen molar-refractivity contribution in [3.05, 3.63) is 71.5 Å². The third-order valence-electron chi connectivity index (χ3n) is 4.04. The van der Waals surface area contributed by atoms with E-state index in [2.05, 4.69) is 25.3 Å². The zero-order valence-electron chi connectivity index (χ0n) is 16.7. The van der Waals surface area contributed by atoms with Gasteiger partial charge in [-0.25, -0.2) is 18.4 Å². The Kier molecular flexibility index (Phi) is 7.57. The lowest BCUT2D eigenvalue weighted by atomic mass is 10.1. The fourth-order valence-corrected chi connectivity index (χ4v) is 3.90. The Labute approximate surface area is 195 Å². The van der Waals surface area contributed by atoms with E-state index in [1.165, 1.54) is 43.8 Å². The average molecular weight is 492 g/mol. The predicted molar refractivity (Wildman–Crippen MR) is 125 cm³/mol. The molecule has 166 valence electrons. The summed E-state index contributed by atoms with van der Waals surface area (Å²) in [5.74, 6) is 0.000924. The van der Waals surface area contributed by atoms with Crippen LogP contribution in [0.2, 0.25) is 5.02 Å². The summed E-state index contributed by atoms with van der Waals surface area (Å²) in [5, 5.41) is 6.08.